The van der Waals surface area contributed by atoms with Gasteiger partial charge in [-0.15, -0.1) is 0 Å². The largest absolute Gasteiger partial charge is 0.507 e. The first-order chi connectivity index (χ1) is 22.7. The zero-order valence-electron chi connectivity index (χ0n) is 29.1. The number of aromatic hydroxyl groups is 1. The van der Waals surface area contributed by atoms with Gasteiger partial charge in [-0.05, 0) is 52.9 Å². The molecule has 2 atom stereocenters. The molecule has 1 N–H and O–H groups in total. The van der Waals surface area contributed by atoms with Crippen molar-refractivity contribution in [3.63, 3.8) is 0 Å². The average Bonchev–Trinajstić information content (AvgIpc) is 3.17. The van der Waals surface area contributed by atoms with Crippen LogP contribution in [0.15, 0.2) is 60.7 Å². The second-order valence-corrected chi connectivity index (χ2v) is 16.2. The lowest BCUT2D eigenvalue weighted by Crippen LogP contribution is -2.76. The summed E-state index contributed by atoms with van der Waals surface area (Å²) in [6, 6.07) is 20.1. The summed E-state index contributed by atoms with van der Waals surface area (Å²) in [6.07, 6.45) is 3.12. The van der Waals surface area contributed by atoms with Crippen LogP contribution in [0.3, 0.4) is 0 Å². The third kappa shape index (κ3) is 4.09. The third-order valence-electron chi connectivity index (χ3n) is 11.2. The molecule has 0 bridgehead atoms. The molecule has 4 aliphatic heterocycles. The number of likely N-dealkylation sites (tertiary alicyclic amines) is 2. The van der Waals surface area contributed by atoms with E-state index in [1.54, 1.807) is 6.07 Å². The van der Waals surface area contributed by atoms with E-state index in [4.69, 9.17) is 19.2 Å². The molecule has 48 heavy (non-hydrogen) atoms. The average molecular weight is 651 g/mol. The van der Waals surface area contributed by atoms with E-state index in [1.165, 1.54) is 0 Å². The lowest BCUT2D eigenvalue weighted by atomic mass is 9.57. The zero-order chi connectivity index (χ0) is 33.9. The summed E-state index contributed by atoms with van der Waals surface area (Å²) in [5.74, 6) is -0.000147. The molecule has 0 aliphatic carbocycles. The number of nitrogens with zero attached hydrogens (tertiary/aromatic N) is 2. The quantitative estimate of drug-likeness (QED) is 0.218. The van der Waals surface area contributed by atoms with E-state index in [9.17, 15) is 9.90 Å². The third-order valence-corrected chi connectivity index (χ3v) is 11.2. The van der Waals surface area contributed by atoms with Crippen molar-refractivity contribution in [2.24, 2.45) is 10.8 Å². The normalized spacial score (nSPS) is 26.1. The summed E-state index contributed by atoms with van der Waals surface area (Å²) in [5.41, 5.74) is 0.314. The van der Waals surface area contributed by atoms with Crippen molar-refractivity contribution in [2.45, 2.75) is 91.4 Å². The number of hydrogen-bond acceptors (Lipinski definition) is 6. The van der Waals surface area contributed by atoms with E-state index in [2.05, 4.69) is 58.9 Å². The number of hydrogen-bond donors (Lipinski definition) is 1. The predicted octanol–water partition coefficient (Wildman–Crippen LogP) is 8.86. The molecule has 3 fully saturated rings. The molecule has 4 aromatic carbocycles. The number of phenolic OH excluding ortho intramolecular Hbond substituents is 1. The lowest BCUT2D eigenvalue weighted by molar-refractivity contribution is -0.603. The van der Waals surface area contributed by atoms with Gasteiger partial charge < -0.3 is 19.5 Å². The Morgan fingerprint density at radius 3 is 2.27 bits per heavy atom. The Kier molecular flexibility index (Phi) is 6.76. The summed E-state index contributed by atoms with van der Waals surface area (Å²) in [6.45, 7) is 17.0. The van der Waals surface area contributed by atoms with Gasteiger partial charge in [0, 0.05) is 66.6 Å². The van der Waals surface area contributed by atoms with Crippen molar-refractivity contribution in [1.82, 2.24) is 9.80 Å². The van der Waals surface area contributed by atoms with Crippen molar-refractivity contribution in [3.05, 3.63) is 71.8 Å². The van der Waals surface area contributed by atoms with Crippen LogP contribution in [0.25, 0.3) is 32.7 Å². The molecule has 0 unspecified atom stereocenters. The van der Waals surface area contributed by atoms with Gasteiger partial charge in [0.25, 0.3) is 0 Å². The molecule has 4 aliphatic rings. The van der Waals surface area contributed by atoms with Crippen LogP contribution in [0, 0.1) is 10.8 Å². The maximum Gasteiger partial charge on any atom is 0.322 e. The van der Waals surface area contributed by atoms with E-state index < -0.39 is 27.9 Å². The van der Waals surface area contributed by atoms with Gasteiger partial charge in [0.1, 0.15) is 11.5 Å². The minimum absolute atomic E-state index is 0.0213. The number of carbonyl (C=O) groups excluding carboxylic acids is 1. The molecule has 8 nitrogen and oxygen atoms in total. The van der Waals surface area contributed by atoms with Crippen LogP contribution < -0.4 is 4.74 Å². The van der Waals surface area contributed by atoms with Gasteiger partial charge in [0.2, 0.25) is 11.5 Å². The minimum Gasteiger partial charge on any atom is -0.507 e. The van der Waals surface area contributed by atoms with Crippen molar-refractivity contribution in [1.29, 1.82) is 0 Å². The maximum atomic E-state index is 14.6. The van der Waals surface area contributed by atoms with Gasteiger partial charge in [0.15, 0.2) is 5.60 Å². The van der Waals surface area contributed by atoms with E-state index in [0.29, 0.717) is 24.5 Å². The van der Waals surface area contributed by atoms with Crippen molar-refractivity contribution >= 4 is 27.6 Å². The van der Waals surface area contributed by atoms with Gasteiger partial charge in [-0.1, -0.05) is 83.1 Å². The molecular formula is C40H46N2O6. The molecule has 0 spiro atoms. The molecule has 0 aromatic heterocycles. The van der Waals surface area contributed by atoms with E-state index in [0.717, 1.165) is 70.6 Å². The number of amides is 2. The van der Waals surface area contributed by atoms with Gasteiger partial charge in [-0.25, -0.2) is 9.68 Å². The van der Waals surface area contributed by atoms with Crippen LogP contribution in [-0.2, 0) is 26.8 Å². The van der Waals surface area contributed by atoms with Crippen LogP contribution in [-0.4, -0.2) is 52.0 Å². The molecule has 4 heterocycles. The fourth-order valence-electron chi connectivity index (χ4n) is 9.41. The highest BCUT2D eigenvalue weighted by Crippen LogP contribution is 2.71. The van der Waals surface area contributed by atoms with Crippen LogP contribution in [0.1, 0.15) is 78.9 Å². The van der Waals surface area contributed by atoms with Crippen LogP contribution in [0.2, 0.25) is 0 Å². The molecule has 3 saturated heterocycles. The van der Waals surface area contributed by atoms with Crippen LogP contribution in [0.4, 0.5) is 4.79 Å². The smallest absolute Gasteiger partial charge is 0.322 e. The summed E-state index contributed by atoms with van der Waals surface area (Å²) >= 11 is 0. The van der Waals surface area contributed by atoms with Crippen LogP contribution in [0.5, 0.6) is 11.5 Å². The van der Waals surface area contributed by atoms with Gasteiger partial charge in [0.05, 0.1) is 6.61 Å². The number of benzene rings is 4. The van der Waals surface area contributed by atoms with E-state index >= 15 is 0 Å². The molecule has 0 radical (unpaired) electrons. The predicted molar refractivity (Wildman–Crippen MR) is 185 cm³/mol. The summed E-state index contributed by atoms with van der Waals surface area (Å²) < 4.78 is 12.6. The number of ether oxygens (including phenoxy) is 2. The highest BCUT2D eigenvalue weighted by molar-refractivity contribution is 6.11. The SMILES string of the molecule is CC1(C)OCc2cc3ccccc3c(-c3c(O)ccc4c([C@]56OO[C@@]5(C(C)(C)C)C(C)(C)CN6C(=O)N5CCCCC5)cccc34)c2O1. The Balaban J connectivity index is 1.42. The molecule has 0 saturated carbocycles. The Labute approximate surface area is 282 Å². The fourth-order valence-corrected chi connectivity index (χ4v) is 9.41. The van der Waals surface area contributed by atoms with Crippen molar-refractivity contribution in [3.8, 4) is 22.6 Å². The first-order valence-electron chi connectivity index (χ1n) is 17.3. The molecular weight excluding hydrogens is 604 g/mol. The monoisotopic (exact) mass is 650 g/mol. The summed E-state index contributed by atoms with van der Waals surface area (Å²) in [4.78, 5) is 31.4. The Morgan fingerprint density at radius 2 is 1.56 bits per heavy atom. The van der Waals surface area contributed by atoms with Gasteiger partial charge >= 0.3 is 6.03 Å². The standard InChI is InChI=1S/C40H46N2O6/c1-36(2,3)40-37(4,5)24-42(35(44)41-20-11-8-12-21-41)39(40,47-48-40)30-17-13-16-29-28(30)18-19-31(43)32(29)33-27-15-10-9-14-25(27)22-26-23-45-38(6,7)46-34(26)33/h9-10,13-19,22,43H,8,11-12,20-21,23-24H2,1-7H3/t39-,40-/m0/s1. The molecule has 2 amide bonds. The lowest BCUT2D eigenvalue weighted by Gasteiger charge is -2.63. The number of carbonyl (C=O) groups is 1. The maximum absolute atomic E-state index is 14.6. The number of fused-ring (bicyclic) bond motifs is 4. The number of phenols is 1. The minimum atomic E-state index is -1.21. The van der Waals surface area contributed by atoms with Crippen molar-refractivity contribution < 1.29 is 29.1 Å². The van der Waals surface area contributed by atoms with E-state index in [-0.39, 0.29) is 11.8 Å². The topological polar surface area (TPSA) is 80.7 Å². The zero-order valence-corrected chi connectivity index (χ0v) is 29.1. The van der Waals surface area contributed by atoms with Gasteiger partial charge in [-0.3, -0.25) is 4.90 Å². The number of piperidine rings is 1. The summed E-state index contributed by atoms with van der Waals surface area (Å²) in [5, 5.41) is 15.5. The van der Waals surface area contributed by atoms with E-state index in [1.807, 2.05) is 54.0 Å². The molecule has 252 valence electrons. The first kappa shape index (κ1) is 31.4. The molecule has 8 rings (SSSR count). The highest BCUT2D eigenvalue weighted by Gasteiger charge is 2.84. The molecule has 4 aromatic rings. The first-order valence-corrected chi connectivity index (χ1v) is 17.3. The van der Waals surface area contributed by atoms with Gasteiger partial charge in [-0.2, -0.15) is 4.89 Å². The number of urea groups is 1. The summed E-state index contributed by atoms with van der Waals surface area (Å²) in [7, 11) is 0. The van der Waals surface area contributed by atoms with Crippen LogP contribution >= 0.6 is 0 Å². The Morgan fingerprint density at radius 1 is 0.833 bits per heavy atom. The highest BCUT2D eigenvalue weighted by atomic mass is 17.3. The molecule has 8 heteroatoms. The second-order valence-electron chi connectivity index (χ2n) is 16.2. The number of rotatable bonds is 2. The Bertz CT molecular complexity index is 1970. The Hall–Kier alpha value is -3.85. The fraction of sp³-hybridized carbons (Fsp3) is 0.475. The second kappa shape index (κ2) is 10.3. The van der Waals surface area contributed by atoms with Crippen molar-refractivity contribution in [2.75, 3.05) is 19.6 Å².